The molecule has 1 aromatic rings. The lowest BCUT2D eigenvalue weighted by molar-refractivity contribution is -0.715. The summed E-state index contributed by atoms with van der Waals surface area (Å²) < 4.78 is 0. The molecule has 3 N–H and O–H groups in total. The van der Waals surface area contributed by atoms with Crippen molar-refractivity contribution >= 4 is 34.8 Å². The third-order valence-corrected chi connectivity index (χ3v) is 5.47. The van der Waals surface area contributed by atoms with Crippen molar-refractivity contribution < 1.29 is 10.1 Å². The molecule has 22 heavy (non-hydrogen) atoms. The molecule has 5 heteroatoms. The number of quaternary nitrogens is 1. The summed E-state index contributed by atoms with van der Waals surface area (Å²) in [5.41, 5.74) is 0.574. The summed E-state index contributed by atoms with van der Waals surface area (Å²) >= 11 is 12.0. The van der Waals surface area contributed by atoms with Crippen molar-refractivity contribution in [2.45, 2.75) is 52.1 Å². The SMILES string of the molecule is C[C@H]1[C@@H]([NH2+][C@@H](C)C(=O)Nc2cc(Cl)ccc2Cl)CCC[C@@H]1C. The van der Waals surface area contributed by atoms with E-state index >= 15 is 0 Å². The third kappa shape index (κ3) is 4.37. The third-order valence-electron chi connectivity index (χ3n) is 4.91. The van der Waals surface area contributed by atoms with E-state index in [1.54, 1.807) is 18.2 Å². The number of carbonyl (C=O) groups excluding carboxylic acids is 1. The first-order valence-corrected chi connectivity index (χ1v) is 8.75. The van der Waals surface area contributed by atoms with E-state index in [0.717, 1.165) is 5.92 Å². The van der Waals surface area contributed by atoms with Crippen LogP contribution < -0.4 is 10.6 Å². The molecule has 1 aromatic carbocycles. The monoisotopic (exact) mass is 343 g/mol. The second-order valence-corrected chi connectivity index (χ2v) is 7.37. The van der Waals surface area contributed by atoms with Crippen molar-refractivity contribution in [3.05, 3.63) is 28.2 Å². The van der Waals surface area contributed by atoms with Gasteiger partial charge in [0.25, 0.3) is 5.91 Å². The van der Waals surface area contributed by atoms with Gasteiger partial charge in [-0.25, -0.2) is 0 Å². The molecule has 3 nitrogen and oxygen atoms in total. The van der Waals surface area contributed by atoms with Crippen molar-refractivity contribution in [2.75, 3.05) is 5.32 Å². The Morgan fingerprint density at radius 2 is 2.05 bits per heavy atom. The fourth-order valence-electron chi connectivity index (χ4n) is 3.19. The Bertz CT molecular complexity index is 535. The molecule has 0 spiro atoms. The van der Waals surface area contributed by atoms with E-state index in [-0.39, 0.29) is 11.9 Å². The average molecular weight is 344 g/mol. The zero-order chi connectivity index (χ0) is 16.3. The van der Waals surface area contributed by atoms with Gasteiger partial charge in [-0.05, 0) is 50.3 Å². The maximum atomic E-state index is 12.4. The Kier molecular flexibility index (Phi) is 6.13. The number of nitrogens with two attached hydrogens (primary N) is 1. The predicted octanol–water partition coefficient (Wildman–Crippen LogP) is 3.71. The number of anilines is 1. The number of hydrogen-bond acceptors (Lipinski definition) is 1. The predicted molar refractivity (Wildman–Crippen MR) is 92.4 cm³/mol. The minimum atomic E-state index is -0.146. The minimum absolute atomic E-state index is 0.0328. The molecule has 1 aliphatic carbocycles. The summed E-state index contributed by atoms with van der Waals surface area (Å²) in [6.45, 7) is 6.55. The van der Waals surface area contributed by atoms with Crippen LogP contribution >= 0.6 is 23.2 Å². The average Bonchev–Trinajstić information content (AvgIpc) is 2.47. The smallest absolute Gasteiger partial charge is 0.282 e. The van der Waals surface area contributed by atoms with Gasteiger partial charge in [0, 0.05) is 10.9 Å². The molecule has 0 heterocycles. The van der Waals surface area contributed by atoms with Gasteiger partial charge in [-0.15, -0.1) is 0 Å². The van der Waals surface area contributed by atoms with Crippen LogP contribution in [0.1, 0.15) is 40.0 Å². The van der Waals surface area contributed by atoms with Gasteiger partial charge in [-0.1, -0.05) is 37.0 Å². The van der Waals surface area contributed by atoms with Crippen LogP contribution in [-0.2, 0) is 4.79 Å². The number of amides is 1. The van der Waals surface area contributed by atoms with Gasteiger partial charge < -0.3 is 10.6 Å². The van der Waals surface area contributed by atoms with Crippen molar-refractivity contribution in [1.29, 1.82) is 0 Å². The molecule has 0 bridgehead atoms. The number of halogens is 2. The molecule has 1 fully saturated rings. The summed E-state index contributed by atoms with van der Waals surface area (Å²) in [6, 6.07) is 5.45. The number of nitrogens with one attached hydrogen (secondary N) is 1. The van der Waals surface area contributed by atoms with Crippen LogP contribution in [0.5, 0.6) is 0 Å². The van der Waals surface area contributed by atoms with Crippen molar-refractivity contribution in [1.82, 2.24) is 0 Å². The Labute approximate surface area is 142 Å². The second kappa shape index (κ2) is 7.67. The highest BCUT2D eigenvalue weighted by Gasteiger charge is 2.32. The molecular formula is C17H25Cl2N2O+. The van der Waals surface area contributed by atoms with Crippen molar-refractivity contribution in [2.24, 2.45) is 11.8 Å². The molecule has 0 radical (unpaired) electrons. The van der Waals surface area contributed by atoms with Gasteiger partial charge in [0.15, 0.2) is 6.04 Å². The van der Waals surface area contributed by atoms with Crippen LogP contribution in [-0.4, -0.2) is 18.0 Å². The highest BCUT2D eigenvalue weighted by Crippen LogP contribution is 2.28. The van der Waals surface area contributed by atoms with Gasteiger partial charge in [-0.3, -0.25) is 4.79 Å². The first-order valence-electron chi connectivity index (χ1n) is 7.99. The van der Waals surface area contributed by atoms with Crippen LogP contribution in [0.2, 0.25) is 10.0 Å². The molecule has 122 valence electrons. The molecule has 0 aromatic heterocycles. The Morgan fingerprint density at radius 1 is 1.32 bits per heavy atom. The first kappa shape index (κ1) is 17.6. The van der Waals surface area contributed by atoms with Crippen LogP contribution in [0.25, 0.3) is 0 Å². The largest absolute Gasteiger partial charge is 0.334 e. The van der Waals surface area contributed by atoms with Gasteiger partial charge >= 0.3 is 0 Å². The van der Waals surface area contributed by atoms with E-state index in [1.807, 2.05) is 6.92 Å². The zero-order valence-corrected chi connectivity index (χ0v) is 14.9. The number of benzene rings is 1. The van der Waals surface area contributed by atoms with Crippen LogP contribution in [0, 0.1) is 11.8 Å². The number of carbonyl (C=O) groups is 1. The minimum Gasteiger partial charge on any atom is -0.334 e. The Hall–Kier alpha value is -0.770. The summed E-state index contributed by atoms with van der Waals surface area (Å²) in [7, 11) is 0. The Morgan fingerprint density at radius 3 is 2.77 bits per heavy atom. The van der Waals surface area contributed by atoms with E-state index in [1.165, 1.54) is 19.3 Å². The topological polar surface area (TPSA) is 45.7 Å². The number of hydrogen-bond donors (Lipinski definition) is 2. The first-order chi connectivity index (χ1) is 10.4. The van der Waals surface area contributed by atoms with E-state index in [4.69, 9.17) is 23.2 Å². The summed E-state index contributed by atoms with van der Waals surface area (Å²) in [6.07, 6.45) is 3.73. The lowest BCUT2D eigenvalue weighted by Gasteiger charge is -2.33. The highest BCUT2D eigenvalue weighted by atomic mass is 35.5. The van der Waals surface area contributed by atoms with Crippen LogP contribution in [0.15, 0.2) is 18.2 Å². The fourth-order valence-corrected chi connectivity index (χ4v) is 3.53. The molecule has 1 aliphatic rings. The zero-order valence-electron chi connectivity index (χ0n) is 13.4. The maximum Gasteiger partial charge on any atom is 0.282 e. The molecule has 2 rings (SSSR count). The van der Waals surface area contributed by atoms with Gasteiger partial charge in [-0.2, -0.15) is 0 Å². The molecule has 0 aliphatic heterocycles. The lowest BCUT2D eigenvalue weighted by Crippen LogP contribution is -2.97. The van der Waals surface area contributed by atoms with E-state index in [9.17, 15) is 4.79 Å². The number of rotatable bonds is 4. The molecular weight excluding hydrogens is 319 g/mol. The van der Waals surface area contributed by atoms with Gasteiger partial charge in [0.05, 0.1) is 16.8 Å². The molecule has 1 saturated carbocycles. The van der Waals surface area contributed by atoms with Crippen molar-refractivity contribution in [3.63, 3.8) is 0 Å². The van der Waals surface area contributed by atoms with Gasteiger partial charge in [0.2, 0.25) is 0 Å². The maximum absolute atomic E-state index is 12.4. The molecule has 0 saturated heterocycles. The van der Waals surface area contributed by atoms with E-state index in [0.29, 0.717) is 27.7 Å². The summed E-state index contributed by atoms with van der Waals surface area (Å²) in [5, 5.41) is 6.15. The summed E-state index contributed by atoms with van der Waals surface area (Å²) in [4.78, 5) is 12.4. The van der Waals surface area contributed by atoms with Crippen LogP contribution in [0.3, 0.4) is 0 Å². The summed E-state index contributed by atoms with van der Waals surface area (Å²) in [5.74, 6) is 1.33. The Balaban J connectivity index is 1.96. The lowest BCUT2D eigenvalue weighted by atomic mass is 9.78. The molecule has 4 atom stereocenters. The standard InChI is InChI=1S/C17H24Cl2N2O/c1-10-5-4-6-15(11(10)2)20-12(3)17(22)21-16-9-13(18)7-8-14(16)19/h7-12,15,20H,4-6H2,1-3H3,(H,21,22)/p+1/t10-,11+,12-,15-/m0/s1. The normalized spacial score (nSPS) is 26.5. The van der Waals surface area contributed by atoms with Gasteiger partial charge in [0.1, 0.15) is 0 Å². The second-order valence-electron chi connectivity index (χ2n) is 6.53. The van der Waals surface area contributed by atoms with E-state index in [2.05, 4.69) is 24.5 Å². The van der Waals surface area contributed by atoms with Crippen LogP contribution in [0.4, 0.5) is 5.69 Å². The molecule has 0 unspecified atom stereocenters. The van der Waals surface area contributed by atoms with Crippen molar-refractivity contribution in [3.8, 4) is 0 Å². The molecule has 1 amide bonds. The quantitative estimate of drug-likeness (QED) is 0.859. The van der Waals surface area contributed by atoms with E-state index < -0.39 is 0 Å². The highest BCUT2D eigenvalue weighted by molar-refractivity contribution is 6.35. The fraction of sp³-hybridized carbons (Fsp3) is 0.588.